The standard InChI is InChI=1S/C28H39N3O8S/c1-18(2)14-31(40(34,35)21-11-9-20(29)10-12-21)15-23(32)22(13-19-7-5-4-6-8-19)30-28(33)39-25-17-38-26-24(36-3)16-37-27(25)26/h4-12,18,22-27,32H,13-17,29H2,1-3H3,(H,30,33)/t22-,23+,24-,25+,26-,27-/m0/s1. The van der Waals surface area contributed by atoms with Crippen molar-refractivity contribution in [2.45, 2.75) is 61.7 Å². The van der Waals surface area contributed by atoms with E-state index < -0.39 is 40.5 Å². The first-order valence-corrected chi connectivity index (χ1v) is 14.8. The molecule has 40 heavy (non-hydrogen) atoms. The van der Waals surface area contributed by atoms with Gasteiger partial charge in [-0.1, -0.05) is 44.2 Å². The van der Waals surface area contributed by atoms with Crippen LogP contribution in [0.5, 0.6) is 0 Å². The van der Waals surface area contributed by atoms with Crippen LogP contribution in [0.15, 0.2) is 59.5 Å². The fraction of sp³-hybridized carbons (Fsp3) is 0.536. The van der Waals surface area contributed by atoms with E-state index in [2.05, 4.69) is 5.32 Å². The first-order valence-electron chi connectivity index (χ1n) is 13.4. The van der Waals surface area contributed by atoms with Crippen molar-refractivity contribution in [3.63, 3.8) is 0 Å². The zero-order chi connectivity index (χ0) is 28.9. The van der Waals surface area contributed by atoms with Gasteiger partial charge >= 0.3 is 6.09 Å². The molecule has 0 unspecified atom stereocenters. The van der Waals surface area contributed by atoms with Crippen molar-refractivity contribution in [2.75, 3.05) is 39.1 Å². The van der Waals surface area contributed by atoms with E-state index in [0.717, 1.165) is 5.56 Å². The van der Waals surface area contributed by atoms with Crippen molar-refractivity contribution in [3.05, 3.63) is 60.2 Å². The van der Waals surface area contributed by atoms with Crippen LogP contribution in [0.25, 0.3) is 0 Å². The van der Waals surface area contributed by atoms with Crippen LogP contribution >= 0.6 is 0 Å². The summed E-state index contributed by atoms with van der Waals surface area (Å²) in [5, 5.41) is 14.1. The molecule has 2 aromatic rings. The van der Waals surface area contributed by atoms with Crippen molar-refractivity contribution in [2.24, 2.45) is 5.92 Å². The number of nitrogens with one attached hydrogen (secondary N) is 1. The third kappa shape index (κ3) is 7.31. The van der Waals surface area contributed by atoms with Gasteiger partial charge in [-0.2, -0.15) is 4.31 Å². The van der Waals surface area contributed by atoms with Crippen LogP contribution in [-0.2, 0) is 35.4 Å². The highest BCUT2D eigenvalue weighted by Crippen LogP contribution is 2.30. The molecule has 2 aliphatic rings. The van der Waals surface area contributed by atoms with Gasteiger partial charge in [-0.05, 0) is 42.2 Å². The van der Waals surface area contributed by atoms with Gasteiger partial charge in [-0.3, -0.25) is 0 Å². The van der Waals surface area contributed by atoms with Gasteiger partial charge in [-0.25, -0.2) is 13.2 Å². The van der Waals surface area contributed by atoms with Gasteiger partial charge in [0.25, 0.3) is 0 Å². The molecule has 2 fully saturated rings. The topological polar surface area (TPSA) is 150 Å². The number of sulfonamides is 1. The molecule has 4 N–H and O–H groups in total. The summed E-state index contributed by atoms with van der Waals surface area (Å²) in [6, 6.07) is 14.4. The number of fused-ring (bicyclic) bond motifs is 1. The number of nitrogens with two attached hydrogens (primary N) is 1. The molecule has 0 aromatic heterocycles. The van der Waals surface area contributed by atoms with Gasteiger partial charge in [-0.15, -0.1) is 0 Å². The minimum atomic E-state index is -3.95. The molecule has 2 saturated heterocycles. The SMILES string of the molecule is CO[C@H]1CO[C@@H]2[C@H]1OC[C@H]2OC(=O)N[C@@H](Cc1ccccc1)[C@H](O)CN(CC(C)C)S(=O)(=O)c1ccc(N)cc1. The van der Waals surface area contributed by atoms with Crippen molar-refractivity contribution in [1.82, 2.24) is 9.62 Å². The molecule has 11 nitrogen and oxygen atoms in total. The summed E-state index contributed by atoms with van der Waals surface area (Å²) < 4.78 is 50.8. The van der Waals surface area contributed by atoms with Crippen LogP contribution in [0.3, 0.4) is 0 Å². The van der Waals surface area contributed by atoms with E-state index in [1.165, 1.54) is 28.6 Å². The van der Waals surface area contributed by atoms with Crippen LogP contribution in [0.2, 0.25) is 0 Å². The minimum absolute atomic E-state index is 0.0149. The molecular weight excluding hydrogens is 538 g/mol. The lowest BCUT2D eigenvalue weighted by atomic mass is 10.0. The number of carbonyl (C=O) groups excluding carboxylic acids is 1. The first-order chi connectivity index (χ1) is 19.1. The highest BCUT2D eigenvalue weighted by Gasteiger charge is 2.50. The van der Waals surface area contributed by atoms with Gasteiger partial charge in [0.2, 0.25) is 10.0 Å². The number of hydrogen-bond acceptors (Lipinski definition) is 9. The van der Waals surface area contributed by atoms with E-state index in [4.69, 9.17) is 24.7 Å². The zero-order valence-corrected chi connectivity index (χ0v) is 23.8. The smallest absolute Gasteiger partial charge is 0.407 e. The van der Waals surface area contributed by atoms with Crippen molar-refractivity contribution >= 4 is 21.8 Å². The molecule has 0 aliphatic carbocycles. The van der Waals surface area contributed by atoms with E-state index in [-0.39, 0.29) is 49.1 Å². The average Bonchev–Trinajstić information content (AvgIpc) is 3.51. The lowest BCUT2D eigenvalue weighted by Gasteiger charge is -2.31. The molecule has 1 amide bonds. The van der Waals surface area contributed by atoms with Gasteiger partial charge in [0, 0.05) is 25.9 Å². The Bertz CT molecular complexity index is 1210. The Kier molecular flexibility index (Phi) is 10.0. The van der Waals surface area contributed by atoms with E-state index in [0.29, 0.717) is 12.3 Å². The Morgan fingerprint density at radius 1 is 1.05 bits per heavy atom. The highest BCUT2D eigenvalue weighted by atomic mass is 32.2. The zero-order valence-electron chi connectivity index (χ0n) is 23.0. The largest absolute Gasteiger partial charge is 0.441 e. The molecule has 2 aromatic carbocycles. The number of alkyl carbamates (subject to hydrolysis) is 1. The second-order valence-corrected chi connectivity index (χ2v) is 12.5. The summed E-state index contributed by atoms with van der Waals surface area (Å²) in [6.45, 7) is 4.23. The van der Waals surface area contributed by atoms with Crippen LogP contribution in [0.1, 0.15) is 19.4 Å². The number of benzene rings is 2. The summed E-state index contributed by atoms with van der Waals surface area (Å²) in [4.78, 5) is 13.1. The maximum atomic E-state index is 13.5. The van der Waals surface area contributed by atoms with Crippen molar-refractivity contribution in [3.8, 4) is 0 Å². The summed E-state index contributed by atoms with van der Waals surface area (Å²) in [5.41, 5.74) is 7.05. The molecule has 0 radical (unpaired) electrons. The number of nitrogens with zero attached hydrogens (tertiary/aromatic N) is 1. The van der Waals surface area contributed by atoms with Crippen LogP contribution in [0.4, 0.5) is 10.5 Å². The second kappa shape index (κ2) is 13.3. The predicted molar refractivity (Wildman–Crippen MR) is 148 cm³/mol. The molecule has 0 saturated carbocycles. The van der Waals surface area contributed by atoms with Gasteiger partial charge in [0.1, 0.15) is 18.3 Å². The minimum Gasteiger partial charge on any atom is -0.441 e. The van der Waals surface area contributed by atoms with Crippen molar-refractivity contribution in [1.29, 1.82) is 0 Å². The number of methoxy groups -OCH3 is 1. The van der Waals surface area contributed by atoms with E-state index >= 15 is 0 Å². The highest BCUT2D eigenvalue weighted by molar-refractivity contribution is 7.89. The van der Waals surface area contributed by atoms with Gasteiger partial charge in [0.15, 0.2) is 6.10 Å². The monoisotopic (exact) mass is 577 g/mol. The number of amides is 1. The quantitative estimate of drug-likeness (QED) is 0.321. The number of carbonyl (C=O) groups is 1. The van der Waals surface area contributed by atoms with Crippen LogP contribution in [0, 0.1) is 5.92 Å². The summed E-state index contributed by atoms with van der Waals surface area (Å²) in [7, 11) is -2.37. The molecule has 6 atom stereocenters. The fourth-order valence-electron chi connectivity index (χ4n) is 5.01. The van der Waals surface area contributed by atoms with E-state index in [1.54, 1.807) is 7.11 Å². The summed E-state index contributed by atoms with van der Waals surface area (Å²) in [5.74, 6) is -0.0149. The fourth-order valence-corrected chi connectivity index (χ4v) is 6.63. The Hall–Kier alpha value is -2.74. The Balaban J connectivity index is 1.50. The number of hydrogen-bond donors (Lipinski definition) is 3. The Labute approximate surface area is 235 Å². The van der Waals surface area contributed by atoms with E-state index in [1.807, 2.05) is 44.2 Å². The number of aliphatic hydroxyl groups excluding tert-OH is 1. The molecule has 12 heteroatoms. The maximum Gasteiger partial charge on any atom is 0.407 e. The second-order valence-electron chi connectivity index (χ2n) is 10.6. The summed E-state index contributed by atoms with van der Waals surface area (Å²) in [6.07, 6.45) is -3.38. The summed E-state index contributed by atoms with van der Waals surface area (Å²) >= 11 is 0. The van der Waals surface area contributed by atoms with Gasteiger partial charge in [0.05, 0.1) is 30.3 Å². The normalized spacial score (nSPS) is 24.1. The predicted octanol–water partition coefficient (Wildman–Crippen LogP) is 1.80. The molecule has 2 aliphatic heterocycles. The van der Waals surface area contributed by atoms with E-state index in [9.17, 15) is 18.3 Å². The van der Waals surface area contributed by atoms with Crippen molar-refractivity contribution < 1.29 is 37.3 Å². The Morgan fingerprint density at radius 2 is 1.68 bits per heavy atom. The Morgan fingerprint density at radius 3 is 2.30 bits per heavy atom. The van der Waals surface area contributed by atoms with Gasteiger partial charge < -0.3 is 35.1 Å². The number of aliphatic hydroxyl groups is 1. The molecular formula is C28H39N3O8S. The molecule has 2 heterocycles. The molecule has 0 bridgehead atoms. The number of ether oxygens (including phenoxy) is 4. The lowest BCUT2D eigenvalue weighted by Crippen LogP contribution is -2.52. The number of nitrogen functional groups attached to an aromatic ring is 1. The molecule has 4 rings (SSSR count). The first kappa shape index (κ1) is 30.2. The maximum absolute atomic E-state index is 13.5. The number of anilines is 1. The third-order valence-corrected chi connectivity index (χ3v) is 8.91. The third-order valence-electron chi connectivity index (χ3n) is 7.07. The molecule has 0 spiro atoms. The molecule has 220 valence electrons. The lowest BCUT2D eigenvalue weighted by molar-refractivity contribution is -0.0214. The van der Waals surface area contributed by atoms with Crippen LogP contribution < -0.4 is 11.1 Å². The van der Waals surface area contributed by atoms with Crippen LogP contribution in [-0.4, -0.2) is 93.9 Å². The average molecular weight is 578 g/mol. The number of rotatable bonds is 12.